The lowest BCUT2D eigenvalue weighted by Crippen LogP contribution is -2.49. The van der Waals surface area contributed by atoms with E-state index < -0.39 is 10.0 Å². The third-order valence-electron chi connectivity index (χ3n) is 5.51. The first kappa shape index (κ1) is 18.3. The molecule has 0 spiro atoms. The van der Waals surface area contributed by atoms with Crippen LogP contribution in [-0.2, 0) is 10.0 Å². The van der Waals surface area contributed by atoms with Crippen molar-refractivity contribution >= 4 is 21.6 Å². The Hall–Kier alpha value is -2.04. The minimum absolute atomic E-state index is 0.101. The fourth-order valence-electron chi connectivity index (χ4n) is 3.52. The van der Waals surface area contributed by atoms with Crippen LogP contribution in [0, 0.1) is 0 Å². The van der Waals surface area contributed by atoms with E-state index in [4.69, 9.17) is 0 Å². The van der Waals surface area contributed by atoms with E-state index in [1.165, 1.54) is 10.6 Å². The Balaban J connectivity index is 1.64. The number of pyridine rings is 1. The summed E-state index contributed by atoms with van der Waals surface area (Å²) >= 11 is 0. The zero-order valence-corrected chi connectivity index (χ0v) is 16.3. The van der Waals surface area contributed by atoms with Crippen molar-refractivity contribution in [1.82, 2.24) is 29.1 Å². The Morgan fingerprint density at radius 1 is 1.22 bits per heavy atom. The van der Waals surface area contributed by atoms with Crippen LogP contribution in [0.2, 0.25) is 0 Å². The highest BCUT2D eigenvalue weighted by Gasteiger charge is 2.33. The smallest absolute Gasteiger partial charge is 0.252 e. The summed E-state index contributed by atoms with van der Waals surface area (Å²) in [6.45, 7) is 1.38. The zero-order valence-electron chi connectivity index (χ0n) is 15.5. The van der Waals surface area contributed by atoms with E-state index in [2.05, 4.69) is 20.4 Å². The van der Waals surface area contributed by atoms with Gasteiger partial charge in [-0.3, -0.25) is 14.1 Å². The van der Waals surface area contributed by atoms with Gasteiger partial charge in [-0.05, 0) is 38.4 Å². The van der Waals surface area contributed by atoms with Crippen molar-refractivity contribution in [3.8, 4) is 0 Å². The third kappa shape index (κ3) is 3.56. The summed E-state index contributed by atoms with van der Waals surface area (Å²) in [6.07, 6.45) is 6.18. The van der Waals surface area contributed by atoms with Crippen molar-refractivity contribution in [3.63, 3.8) is 0 Å². The molecule has 0 radical (unpaired) electrons. The summed E-state index contributed by atoms with van der Waals surface area (Å²) in [5.74, 6) is 0.537. The molecule has 2 fully saturated rings. The Labute approximate surface area is 158 Å². The van der Waals surface area contributed by atoms with Crippen LogP contribution in [-0.4, -0.2) is 77.1 Å². The van der Waals surface area contributed by atoms with E-state index in [0.29, 0.717) is 36.7 Å². The van der Waals surface area contributed by atoms with Crippen LogP contribution in [0.1, 0.15) is 41.5 Å². The number of likely N-dealkylation sites (N-methyl/N-ethyl adjacent to an activating group) is 1. The molecule has 3 heterocycles. The highest BCUT2D eigenvalue weighted by atomic mass is 32.2. The fraction of sp³-hybridized carbons (Fsp3) is 0.588. The van der Waals surface area contributed by atoms with Crippen LogP contribution in [0.4, 0.5) is 0 Å². The monoisotopic (exact) mass is 392 g/mol. The Bertz CT molecular complexity index is 968. The molecule has 2 aromatic heterocycles. The SMILES string of the molecule is CN1CCN(S(C)(=O)=O)CC1c1nnc2ccc(C(=O)NC3CCC3)cn12. The number of nitrogens with one attached hydrogen (secondary N) is 1. The lowest BCUT2D eigenvalue weighted by molar-refractivity contribution is 0.0916. The molecule has 146 valence electrons. The van der Waals surface area contributed by atoms with Crippen molar-refractivity contribution in [1.29, 1.82) is 0 Å². The summed E-state index contributed by atoms with van der Waals surface area (Å²) in [5.41, 5.74) is 1.18. The van der Waals surface area contributed by atoms with Crippen LogP contribution in [0.3, 0.4) is 0 Å². The lowest BCUT2D eigenvalue weighted by atomic mass is 9.93. The first-order valence-corrected chi connectivity index (χ1v) is 11.0. The number of aromatic nitrogens is 3. The molecule has 1 unspecified atom stereocenters. The van der Waals surface area contributed by atoms with Crippen LogP contribution in [0.15, 0.2) is 18.3 Å². The third-order valence-corrected chi connectivity index (χ3v) is 6.78. The van der Waals surface area contributed by atoms with Crippen LogP contribution in [0.5, 0.6) is 0 Å². The van der Waals surface area contributed by atoms with Gasteiger partial charge in [-0.2, -0.15) is 4.31 Å². The second-order valence-electron chi connectivity index (χ2n) is 7.42. The van der Waals surface area contributed by atoms with Gasteiger partial charge in [0.05, 0.1) is 17.9 Å². The standard InChI is InChI=1S/C17H24N6O3S/c1-21-8-9-22(27(2,25)26)11-14(21)16-20-19-15-7-6-12(10-23(15)16)17(24)18-13-4-3-5-13/h6-7,10,13-14H,3-5,8-9,11H2,1-2H3,(H,18,24). The van der Waals surface area contributed by atoms with Crippen molar-refractivity contribution in [2.24, 2.45) is 0 Å². The second-order valence-corrected chi connectivity index (χ2v) is 9.41. The quantitative estimate of drug-likeness (QED) is 0.801. The molecular weight excluding hydrogens is 368 g/mol. The minimum atomic E-state index is -3.27. The van der Waals surface area contributed by atoms with Crippen LogP contribution in [0.25, 0.3) is 5.65 Å². The number of nitrogens with zero attached hydrogens (tertiary/aromatic N) is 5. The van der Waals surface area contributed by atoms with E-state index in [1.54, 1.807) is 22.7 Å². The Morgan fingerprint density at radius 2 is 2.00 bits per heavy atom. The van der Waals surface area contributed by atoms with E-state index >= 15 is 0 Å². The average Bonchev–Trinajstić information content (AvgIpc) is 3.00. The molecule has 2 aromatic rings. The van der Waals surface area contributed by atoms with Crippen molar-refractivity contribution in [3.05, 3.63) is 29.7 Å². The molecule has 1 saturated carbocycles. The molecule has 2 aliphatic rings. The molecule has 0 aromatic carbocycles. The number of rotatable bonds is 4. The maximum Gasteiger partial charge on any atom is 0.252 e. The van der Waals surface area contributed by atoms with Gasteiger partial charge >= 0.3 is 0 Å². The molecule has 1 aliphatic heterocycles. The number of sulfonamides is 1. The molecular formula is C17H24N6O3S. The maximum atomic E-state index is 12.5. The second kappa shape index (κ2) is 6.84. The summed E-state index contributed by atoms with van der Waals surface area (Å²) in [5, 5.41) is 11.5. The number of carbonyl (C=O) groups is 1. The fourth-order valence-corrected chi connectivity index (χ4v) is 4.35. The molecule has 1 N–H and O–H groups in total. The number of hydrogen-bond acceptors (Lipinski definition) is 6. The Morgan fingerprint density at radius 3 is 2.67 bits per heavy atom. The largest absolute Gasteiger partial charge is 0.349 e. The van der Waals surface area contributed by atoms with Gasteiger partial charge in [0, 0.05) is 31.9 Å². The zero-order chi connectivity index (χ0) is 19.2. The highest BCUT2D eigenvalue weighted by molar-refractivity contribution is 7.88. The summed E-state index contributed by atoms with van der Waals surface area (Å²) in [7, 11) is -1.33. The first-order chi connectivity index (χ1) is 12.8. The first-order valence-electron chi connectivity index (χ1n) is 9.14. The summed E-state index contributed by atoms with van der Waals surface area (Å²) in [4.78, 5) is 14.6. The molecule has 10 heteroatoms. The summed E-state index contributed by atoms with van der Waals surface area (Å²) in [6, 6.07) is 3.55. The topological polar surface area (TPSA) is 99.9 Å². The normalized spacial score (nSPS) is 22.7. The van der Waals surface area contributed by atoms with E-state index in [0.717, 1.165) is 19.3 Å². The van der Waals surface area contributed by atoms with Gasteiger partial charge in [0.1, 0.15) is 0 Å². The number of carbonyl (C=O) groups excluding carboxylic acids is 1. The number of fused-ring (bicyclic) bond motifs is 1. The van der Waals surface area contributed by atoms with Crippen molar-refractivity contribution in [2.45, 2.75) is 31.3 Å². The van der Waals surface area contributed by atoms with Gasteiger partial charge < -0.3 is 5.32 Å². The van der Waals surface area contributed by atoms with Gasteiger partial charge in [-0.15, -0.1) is 10.2 Å². The molecule has 4 rings (SSSR count). The predicted molar refractivity (Wildman–Crippen MR) is 99.9 cm³/mol. The van der Waals surface area contributed by atoms with Gasteiger partial charge in [0.25, 0.3) is 5.91 Å². The molecule has 1 saturated heterocycles. The van der Waals surface area contributed by atoms with Gasteiger partial charge in [0.15, 0.2) is 11.5 Å². The number of hydrogen-bond donors (Lipinski definition) is 1. The van der Waals surface area contributed by atoms with Gasteiger partial charge in [-0.1, -0.05) is 0 Å². The molecule has 1 amide bonds. The van der Waals surface area contributed by atoms with Crippen LogP contribution < -0.4 is 5.32 Å². The van der Waals surface area contributed by atoms with Gasteiger partial charge in [0.2, 0.25) is 10.0 Å². The Kier molecular flexibility index (Phi) is 4.65. The molecule has 27 heavy (non-hydrogen) atoms. The number of amides is 1. The van der Waals surface area contributed by atoms with Gasteiger partial charge in [-0.25, -0.2) is 8.42 Å². The molecule has 1 atom stereocenters. The lowest BCUT2D eigenvalue weighted by Gasteiger charge is -2.37. The highest BCUT2D eigenvalue weighted by Crippen LogP contribution is 2.25. The molecule has 1 aliphatic carbocycles. The average molecular weight is 392 g/mol. The van der Waals surface area contributed by atoms with E-state index in [1.807, 2.05) is 7.05 Å². The van der Waals surface area contributed by atoms with Crippen LogP contribution >= 0.6 is 0 Å². The summed E-state index contributed by atoms with van der Waals surface area (Å²) < 4.78 is 27.2. The van der Waals surface area contributed by atoms with E-state index in [9.17, 15) is 13.2 Å². The minimum Gasteiger partial charge on any atom is -0.349 e. The maximum absolute atomic E-state index is 12.5. The molecule has 0 bridgehead atoms. The predicted octanol–water partition coefficient (Wildman–Crippen LogP) is 0.260. The molecule has 9 nitrogen and oxygen atoms in total. The van der Waals surface area contributed by atoms with Crippen molar-refractivity contribution in [2.75, 3.05) is 32.9 Å². The van der Waals surface area contributed by atoms with E-state index in [-0.39, 0.29) is 18.0 Å². The number of piperazine rings is 1. The van der Waals surface area contributed by atoms with Crippen molar-refractivity contribution < 1.29 is 13.2 Å².